The Morgan fingerprint density at radius 1 is 1.29 bits per heavy atom. The summed E-state index contributed by atoms with van der Waals surface area (Å²) in [5.41, 5.74) is 0. The number of carbonyl (C=O) groups is 3. The molecule has 1 aliphatic rings. The fourth-order valence-corrected chi connectivity index (χ4v) is 1.48. The van der Waals surface area contributed by atoms with Crippen LogP contribution in [-0.4, -0.2) is 28.6 Å². The van der Waals surface area contributed by atoms with Gasteiger partial charge in [-0.2, -0.15) is 0 Å². The van der Waals surface area contributed by atoms with Gasteiger partial charge in [-0.05, 0) is 19.8 Å². The number of nitrogens with zero attached hydrogens (tertiary/aromatic N) is 1. The van der Waals surface area contributed by atoms with Crippen molar-refractivity contribution < 1.29 is 19.2 Å². The van der Waals surface area contributed by atoms with E-state index in [0.717, 1.165) is 5.06 Å². The Hall–Kier alpha value is -1.72. The van der Waals surface area contributed by atoms with E-state index in [1.54, 1.807) is 0 Å². The number of hydrogen-bond acceptors (Lipinski definition) is 5. The number of carbonyl (C=O) groups excluding carboxylic acids is 3. The monoisotopic (exact) mass is 240 g/mol. The third kappa shape index (κ3) is 4.34. The minimum atomic E-state index is -0.534. The smallest absolute Gasteiger partial charge is 0.332 e. The number of amides is 1. The van der Waals surface area contributed by atoms with Gasteiger partial charge in [-0.1, -0.05) is 0 Å². The van der Waals surface area contributed by atoms with E-state index >= 15 is 0 Å². The molecule has 0 aromatic heterocycles. The molecule has 0 aromatic rings. The molecule has 1 N–H and O–H groups in total. The van der Waals surface area contributed by atoms with Crippen LogP contribution in [0.15, 0.2) is 0 Å². The third-order valence-corrected chi connectivity index (χ3v) is 2.40. The van der Waals surface area contributed by atoms with E-state index < -0.39 is 5.97 Å². The Labute approximate surface area is 99.4 Å². The van der Waals surface area contributed by atoms with Gasteiger partial charge in [0, 0.05) is 25.7 Å². The summed E-state index contributed by atoms with van der Waals surface area (Å²) in [5.74, 6) is -0.775. The lowest BCUT2D eigenvalue weighted by atomic mass is 10.1. The SMILES string of the molecule is CC(=O)CCCCC(=O)ON1C(=N)CCC1=O. The van der Waals surface area contributed by atoms with Crippen molar-refractivity contribution >= 4 is 23.5 Å². The maximum absolute atomic E-state index is 11.3. The average molecular weight is 240 g/mol. The molecule has 0 spiro atoms. The van der Waals surface area contributed by atoms with Gasteiger partial charge in [0.05, 0.1) is 0 Å². The van der Waals surface area contributed by atoms with Crippen molar-refractivity contribution in [2.45, 2.75) is 45.4 Å². The lowest BCUT2D eigenvalue weighted by Crippen LogP contribution is -2.31. The molecule has 6 nitrogen and oxygen atoms in total. The molecule has 0 saturated carbocycles. The summed E-state index contributed by atoms with van der Waals surface area (Å²) in [7, 11) is 0. The second-order valence-corrected chi connectivity index (χ2v) is 4.01. The first-order valence-corrected chi connectivity index (χ1v) is 5.61. The van der Waals surface area contributed by atoms with Crippen LogP contribution in [0.25, 0.3) is 0 Å². The molecule has 0 bridgehead atoms. The Morgan fingerprint density at radius 2 is 1.94 bits per heavy atom. The van der Waals surface area contributed by atoms with Crippen LogP contribution in [0.5, 0.6) is 0 Å². The fourth-order valence-electron chi connectivity index (χ4n) is 1.48. The van der Waals surface area contributed by atoms with Crippen LogP contribution in [0.4, 0.5) is 0 Å². The van der Waals surface area contributed by atoms with E-state index in [1.165, 1.54) is 6.92 Å². The molecule has 1 heterocycles. The number of ketones is 1. The number of rotatable bonds is 6. The van der Waals surface area contributed by atoms with Crippen molar-refractivity contribution in [3.05, 3.63) is 0 Å². The Kier molecular flexibility index (Phi) is 4.81. The first-order valence-electron chi connectivity index (χ1n) is 5.61. The standard InChI is InChI=1S/C11H16N2O4/c1-8(14)4-2-3-5-11(16)17-13-9(12)6-7-10(13)15/h12H,2-7H2,1H3. The molecule has 0 aliphatic carbocycles. The highest BCUT2D eigenvalue weighted by atomic mass is 16.7. The van der Waals surface area contributed by atoms with Crippen LogP contribution in [0, 0.1) is 5.41 Å². The maximum Gasteiger partial charge on any atom is 0.333 e. The Bertz CT molecular complexity index is 335. The Morgan fingerprint density at radius 3 is 2.47 bits per heavy atom. The van der Waals surface area contributed by atoms with E-state index in [2.05, 4.69) is 0 Å². The van der Waals surface area contributed by atoms with Crippen molar-refractivity contribution in [1.29, 1.82) is 5.41 Å². The lowest BCUT2D eigenvalue weighted by molar-refractivity contribution is -0.180. The van der Waals surface area contributed by atoms with Crippen LogP contribution < -0.4 is 0 Å². The van der Waals surface area contributed by atoms with E-state index in [1.807, 2.05) is 0 Å². The molecule has 94 valence electrons. The summed E-state index contributed by atoms with van der Waals surface area (Å²) >= 11 is 0. The maximum atomic E-state index is 11.3. The molecular formula is C11H16N2O4. The predicted molar refractivity (Wildman–Crippen MR) is 59.0 cm³/mol. The molecule has 1 fully saturated rings. The number of hydrogen-bond donors (Lipinski definition) is 1. The zero-order valence-electron chi connectivity index (χ0n) is 9.82. The summed E-state index contributed by atoms with van der Waals surface area (Å²) in [5, 5.41) is 8.14. The van der Waals surface area contributed by atoms with E-state index in [-0.39, 0.29) is 30.4 Å². The van der Waals surface area contributed by atoms with Gasteiger partial charge in [0.15, 0.2) is 0 Å². The van der Waals surface area contributed by atoms with E-state index in [0.29, 0.717) is 25.7 Å². The number of hydroxylamine groups is 2. The minimum absolute atomic E-state index is 0.0204. The topological polar surface area (TPSA) is 87.5 Å². The normalized spacial score (nSPS) is 15.2. The van der Waals surface area contributed by atoms with Gasteiger partial charge in [0.1, 0.15) is 11.6 Å². The van der Waals surface area contributed by atoms with E-state index in [4.69, 9.17) is 10.2 Å². The lowest BCUT2D eigenvalue weighted by Gasteiger charge is -2.14. The highest BCUT2D eigenvalue weighted by Crippen LogP contribution is 2.13. The molecule has 17 heavy (non-hydrogen) atoms. The molecule has 6 heteroatoms. The van der Waals surface area contributed by atoms with Gasteiger partial charge < -0.3 is 9.63 Å². The predicted octanol–water partition coefficient (Wildman–Crippen LogP) is 1.19. The molecule has 0 unspecified atom stereocenters. The number of Topliss-reactive ketones (excluding diaryl/α,β-unsaturated/α-hetero) is 1. The van der Waals surface area contributed by atoms with Crippen molar-refractivity contribution in [1.82, 2.24) is 5.06 Å². The second-order valence-electron chi connectivity index (χ2n) is 4.01. The molecule has 1 rings (SSSR count). The molecule has 1 aliphatic heterocycles. The van der Waals surface area contributed by atoms with Crippen LogP contribution in [0.1, 0.15) is 45.4 Å². The van der Waals surface area contributed by atoms with Crippen LogP contribution in [0.2, 0.25) is 0 Å². The van der Waals surface area contributed by atoms with Crippen molar-refractivity contribution in [2.75, 3.05) is 0 Å². The van der Waals surface area contributed by atoms with Crippen LogP contribution in [-0.2, 0) is 19.2 Å². The molecule has 1 saturated heterocycles. The second kappa shape index (κ2) is 6.12. The van der Waals surface area contributed by atoms with Gasteiger partial charge in [0.2, 0.25) is 0 Å². The molecule has 0 atom stereocenters. The summed E-state index contributed by atoms with van der Waals surface area (Å²) in [6, 6.07) is 0. The van der Waals surface area contributed by atoms with Crippen LogP contribution in [0.3, 0.4) is 0 Å². The average Bonchev–Trinajstić information content (AvgIpc) is 2.56. The number of amidine groups is 1. The number of unbranched alkanes of at least 4 members (excludes halogenated alkanes) is 1. The number of nitrogens with one attached hydrogen (secondary N) is 1. The van der Waals surface area contributed by atoms with Gasteiger partial charge in [-0.15, -0.1) is 5.06 Å². The zero-order chi connectivity index (χ0) is 12.8. The summed E-state index contributed by atoms with van der Waals surface area (Å²) in [4.78, 5) is 38.0. The first-order chi connectivity index (χ1) is 8.00. The highest BCUT2D eigenvalue weighted by Gasteiger charge is 2.29. The van der Waals surface area contributed by atoms with Crippen molar-refractivity contribution in [3.63, 3.8) is 0 Å². The minimum Gasteiger partial charge on any atom is -0.332 e. The van der Waals surface area contributed by atoms with Crippen LogP contribution >= 0.6 is 0 Å². The highest BCUT2D eigenvalue weighted by molar-refractivity contribution is 6.02. The summed E-state index contributed by atoms with van der Waals surface area (Å²) < 4.78 is 0. The quantitative estimate of drug-likeness (QED) is 0.706. The van der Waals surface area contributed by atoms with Gasteiger partial charge in [0.25, 0.3) is 5.91 Å². The van der Waals surface area contributed by atoms with Crippen molar-refractivity contribution in [2.24, 2.45) is 0 Å². The summed E-state index contributed by atoms with van der Waals surface area (Å²) in [6.45, 7) is 1.50. The van der Waals surface area contributed by atoms with Gasteiger partial charge in [-0.3, -0.25) is 10.2 Å². The largest absolute Gasteiger partial charge is 0.333 e. The van der Waals surface area contributed by atoms with Gasteiger partial charge in [-0.25, -0.2) is 4.79 Å². The fraction of sp³-hybridized carbons (Fsp3) is 0.636. The third-order valence-electron chi connectivity index (χ3n) is 2.40. The van der Waals surface area contributed by atoms with Crippen molar-refractivity contribution in [3.8, 4) is 0 Å². The van der Waals surface area contributed by atoms with E-state index in [9.17, 15) is 14.4 Å². The van der Waals surface area contributed by atoms with Gasteiger partial charge >= 0.3 is 5.97 Å². The Balaban J connectivity index is 2.23. The molecule has 0 radical (unpaired) electrons. The molecule has 1 amide bonds. The zero-order valence-corrected chi connectivity index (χ0v) is 9.82. The first kappa shape index (κ1) is 13.3. The molecular weight excluding hydrogens is 224 g/mol. The molecule has 0 aromatic carbocycles. The summed E-state index contributed by atoms with van der Waals surface area (Å²) in [6.07, 6.45) is 2.33.